The molecule has 0 fully saturated rings. The molecule has 26 heavy (non-hydrogen) atoms. The maximum atomic E-state index is 5.97. The Bertz CT molecular complexity index is 762. The minimum absolute atomic E-state index is 0. The number of hydrogen-bond donors (Lipinski definition) is 2. The average molecular weight is 513 g/mol. The van der Waals surface area contributed by atoms with Crippen LogP contribution in [0.5, 0.6) is 17.4 Å². The second kappa shape index (κ2) is 11.1. The summed E-state index contributed by atoms with van der Waals surface area (Å²) in [6.07, 6.45) is 1.46. The third-order valence-corrected chi connectivity index (χ3v) is 3.53. The molecule has 10 heteroatoms. The Balaban J connectivity index is 0.00000338. The van der Waals surface area contributed by atoms with Crippen molar-refractivity contribution in [1.29, 1.82) is 0 Å². The summed E-state index contributed by atoms with van der Waals surface area (Å²) < 4.78 is 15.9. The highest BCUT2D eigenvalue weighted by molar-refractivity contribution is 14.0. The lowest BCUT2D eigenvalue weighted by atomic mass is 10.2. The molecule has 0 amide bonds. The molecule has 7 nitrogen and oxygen atoms in total. The van der Waals surface area contributed by atoms with Gasteiger partial charge in [-0.25, -0.2) is 9.98 Å². The van der Waals surface area contributed by atoms with Gasteiger partial charge in [-0.3, -0.25) is 0 Å². The van der Waals surface area contributed by atoms with Gasteiger partial charge in [0.15, 0.2) is 5.96 Å². The molecular formula is C16H19Cl2IN4O3. The first kappa shape index (κ1) is 22.4. The third-order valence-electron chi connectivity index (χ3n) is 3.06. The van der Waals surface area contributed by atoms with Crippen LogP contribution in [0.3, 0.4) is 0 Å². The van der Waals surface area contributed by atoms with Crippen LogP contribution in [0.4, 0.5) is 5.69 Å². The number of rotatable bonds is 7. The van der Waals surface area contributed by atoms with E-state index in [1.165, 1.54) is 6.20 Å². The standard InChI is InChI=1S/C16H18Cl2N4O3.HI/c1-23-11-3-4-14(24-2)13(8-11)22-16(19)20-5-6-25-15-12(18)7-10(17)9-21-15;/h3-4,7-9H,5-6H2,1-2H3,(H3,19,20,22);1H. The molecule has 0 aliphatic carbocycles. The number of halogens is 3. The van der Waals surface area contributed by atoms with Crippen LogP contribution < -0.4 is 25.3 Å². The summed E-state index contributed by atoms with van der Waals surface area (Å²) in [5.41, 5.74) is 6.52. The molecule has 1 aromatic carbocycles. The number of guanidine groups is 1. The number of hydrogen-bond acceptors (Lipinski definition) is 5. The molecule has 1 heterocycles. The zero-order valence-corrected chi connectivity index (χ0v) is 18.0. The fraction of sp³-hybridized carbons (Fsp3) is 0.250. The van der Waals surface area contributed by atoms with Crippen LogP contribution in [0, 0.1) is 0 Å². The minimum atomic E-state index is 0. The van der Waals surface area contributed by atoms with E-state index in [0.717, 1.165) is 0 Å². The molecule has 0 saturated heterocycles. The normalized spacial score (nSPS) is 10.7. The maximum absolute atomic E-state index is 5.97. The Morgan fingerprint density at radius 3 is 2.65 bits per heavy atom. The minimum Gasteiger partial charge on any atom is -0.497 e. The quantitative estimate of drug-likeness (QED) is 0.253. The summed E-state index contributed by atoms with van der Waals surface area (Å²) in [4.78, 5) is 8.17. The number of methoxy groups -OCH3 is 2. The Hall–Kier alpha value is -1.65. The molecule has 142 valence electrons. The molecular weight excluding hydrogens is 494 g/mol. The highest BCUT2D eigenvalue weighted by atomic mass is 127. The van der Waals surface area contributed by atoms with Gasteiger partial charge in [0.25, 0.3) is 0 Å². The summed E-state index contributed by atoms with van der Waals surface area (Å²) in [7, 11) is 3.15. The summed E-state index contributed by atoms with van der Waals surface area (Å²) in [5, 5.41) is 3.74. The number of ether oxygens (including phenoxy) is 3. The first-order chi connectivity index (χ1) is 12.0. The van der Waals surface area contributed by atoms with Gasteiger partial charge in [-0.2, -0.15) is 0 Å². The van der Waals surface area contributed by atoms with Crippen molar-refractivity contribution in [1.82, 2.24) is 4.98 Å². The van der Waals surface area contributed by atoms with Crippen LogP contribution in [0.1, 0.15) is 0 Å². The van der Waals surface area contributed by atoms with Gasteiger partial charge in [0.1, 0.15) is 23.1 Å². The van der Waals surface area contributed by atoms with Crippen LogP contribution in [0.2, 0.25) is 10.0 Å². The van der Waals surface area contributed by atoms with E-state index in [9.17, 15) is 0 Å². The predicted molar refractivity (Wildman–Crippen MR) is 115 cm³/mol. The van der Waals surface area contributed by atoms with E-state index in [1.54, 1.807) is 38.5 Å². The zero-order chi connectivity index (χ0) is 18.2. The van der Waals surface area contributed by atoms with Gasteiger partial charge < -0.3 is 25.3 Å². The predicted octanol–water partition coefficient (Wildman–Crippen LogP) is 3.83. The lowest BCUT2D eigenvalue weighted by Crippen LogP contribution is -2.24. The van der Waals surface area contributed by atoms with Gasteiger partial charge in [0.05, 0.1) is 31.5 Å². The highest BCUT2D eigenvalue weighted by Crippen LogP contribution is 2.28. The number of nitrogens with one attached hydrogen (secondary N) is 1. The highest BCUT2D eigenvalue weighted by Gasteiger charge is 2.06. The topological polar surface area (TPSA) is 91.0 Å². The zero-order valence-electron chi connectivity index (χ0n) is 14.2. The average Bonchev–Trinajstić information content (AvgIpc) is 2.60. The lowest BCUT2D eigenvalue weighted by molar-refractivity contribution is 0.316. The number of aliphatic imine (C=N–C) groups is 1. The molecule has 0 saturated carbocycles. The van der Waals surface area contributed by atoms with E-state index >= 15 is 0 Å². The summed E-state index contributed by atoms with van der Waals surface area (Å²) in [5.74, 6) is 1.79. The maximum Gasteiger partial charge on any atom is 0.232 e. The van der Waals surface area contributed by atoms with Crippen LogP contribution >= 0.6 is 47.2 Å². The lowest BCUT2D eigenvalue weighted by Gasteiger charge is -2.12. The molecule has 2 aromatic rings. The van der Waals surface area contributed by atoms with Crippen LogP contribution in [0.25, 0.3) is 0 Å². The summed E-state index contributed by atoms with van der Waals surface area (Å²) >= 11 is 11.7. The fourth-order valence-corrected chi connectivity index (χ4v) is 2.34. The molecule has 0 unspecified atom stereocenters. The van der Waals surface area contributed by atoms with Crippen LogP contribution in [-0.2, 0) is 0 Å². The van der Waals surface area contributed by atoms with Gasteiger partial charge >= 0.3 is 0 Å². The third kappa shape index (κ3) is 6.58. The van der Waals surface area contributed by atoms with E-state index in [4.69, 9.17) is 43.1 Å². The molecule has 3 N–H and O–H groups in total. The van der Waals surface area contributed by atoms with Crippen molar-refractivity contribution in [2.24, 2.45) is 10.7 Å². The molecule has 0 aliphatic heterocycles. The van der Waals surface area contributed by atoms with Gasteiger partial charge in [-0.15, -0.1) is 24.0 Å². The first-order valence-corrected chi connectivity index (χ1v) is 8.02. The Morgan fingerprint density at radius 1 is 1.23 bits per heavy atom. The number of nitrogens with two attached hydrogens (primary N) is 1. The molecule has 0 radical (unpaired) electrons. The van der Waals surface area contributed by atoms with Gasteiger partial charge in [0, 0.05) is 12.3 Å². The second-order valence-electron chi connectivity index (χ2n) is 4.75. The van der Waals surface area contributed by atoms with Crippen molar-refractivity contribution in [2.75, 3.05) is 32.7 Å². The molecule has 0 bridgehead atoms. The Kier molecular flexibility index (Phi) is 9.60. The van der Waals surface area contributed by atoms with Crippen LogP contribution in [0.15, 0.2) is 35.5 Å². The van der Waals surface area contributed by atoms with Gasteiger partial charge in [0.2, 0.25) is 5.88 Å². The van der Waals surface area contributed by atoms with E-state index in [0.29, 0.717) is 39.7 Å². The van der Waals surface area contributed by atoms with Crippen molar-refractivity contribution in [2.45, 2.75) is 0 Å². The van der Waals surface area contributed by atoms with E-state index in [2.05, 4.69) is 15.3 Å². The number of aromatic nitrogens is 1. The molecule has 2 rings (SSSR count). The molecule has 0 spiro atoms. The fourth-order valence-electron chi connectivity index (χ4n) is 1.91. The van der Waals surface area contributed by atoms with Crippen molar-refractivity contribution in [3.8, 4) is 17.4 Å². The number of benzene rings is 1. The molecule has 0 atom stereocenters. The Labute approximate surface area is 178 Å². The number of nitrogens with zero attached hydrogens (tertiary/aromatic N) is 2. The van der Waals surface area contributed by atoms with E-state index in [1.807, 2.05) is 0 Å². The molecule has 0 aliphatic rings. The Morgan fingerprint density at radius 2 is 2.00 bits per heavy atom. The summed E-state index contributed by atoms with van der Waals surface area (Å²) in [6.45, 7) is 0.567. The van der Waals surface area contributed by atoms with Crippen molar-refractivity contribution < 1.29 is 14.2 Å². The summed E-state index contributed by atoms with van der Waals surface area (Å²) in [6, 6.07) is 6.87. The van der Waals surface area contributed by atoms with Crippen molar-refractivity contribution in [3.63, 3.8) is 0 Å². The number of pyridine rings is 1. The van der Waals surface area contributed by atoms with Gasteiger partial charge in [-0.05, 0) is 18.2 Å². The van der Waals surface area contributed by atoms with Crippen molar-refractivity contribution >= 4 is 58.8 Å². The van der Waals surface area contributed by atoms with Gasteiger partial charge in [-0.1, -0.05) is 23.2 Å². The monoisotopic (exact) mass is 512 g/mol. The van der Waals surface area contributed by atoms with Crippen molar-refractivity contribution in [3.05, 3.63) is 40.5 Å². The largest absolute Gasteiger partial charge is 0.497 e. The SMILES string of the molecule is COc1ccc(OC)c(NC(N)=NCCOc2ncc(Cl)cc2Cl)c1.I. The van der Waals surface area contributed by atoms with Crippen LogP contribution in [-0.4, -0.2) is 38.3 Å². The smallest absolute Gasteiger partial charge is 0.232 e. The molecule has 1 aromatic heterocycles. The van der Waals surface area contributed by atoms with E-state index in [-0.39, 0.29) is 36.5 Å². The van der Waals surface area contributed by atoms with E-state index < -0.39 is 0 Å². The number of anilines is 1. The second-order valence-corrected chi connectivity index (χ2v) is 5.59. The first-order valence-electron chi connectivity index (χ1n) is 7.26.